The van der Waals surface area contributed by atoms with Crippen molar-refractivity contribution in [1.82, 2.24) is 0 Å². The minimum absolute atomic E-state index is 0.0268. The molecule has 19 heteroatoms. The van der Waals surface area contributed by atoms with Crippen molar-refractivity contribution in [3.63, 3.8) is 0 Å². The summed E-state index contributed by atoms with van der Waals surface area (Å²) < 4.78 is 101. The lowest BCUT2D eigenvalue weighted by Gasteiger charge is -2.11. The number of nitrogens with zero attached hydrogens (tertiary/aromatic N) is 4. The minimum Gasteiger partial charge on any atom is -0.505 e. The van der Waals surface area contributed by atoms with Crippen LogP contribution in [0.4, 0.5) is 34.1 Å². The average molecular weight is 826 g/mol. The second kappa shape index (κ2) is 14.8. The Balaban J connectivity index is 1.12. The van der Waals surface area contributed by atoms with Crippen LogP contribution in [0, 0.1) is 0 Å². The van der Waals surface area contributed by atoms with Crippen molar-refractivity contribution in [3.8, 4) is 22.6 Å². The van der Waals surface area contributed by atoms with Gasteiger partial charge in [-0.1, -0.05) is 42.5 Å². The van der Waals surface area contributed by atoms with E-state index >= 15 is 0 Å². The third kappa shape index (κ3) is 8.33. The Bertz CT molecular complexity index is 3130. The first kappa shape index (κ1) is 38.7. The van der Waals surface area contributed by atoms with Crippen LogP contribution in [-0.4, -0.2) is 49.1 Å². The van der Waals surface area contributed by atoms with Gasteiger partial charge in [-0.3, -0.25) is 13.7 Å². The standard InChI is InChI=1S/C38H27N5O11S3/c44-37-31-16-14-29(39-26-4-2-1-3-5-26)18-24(31)20-33(56(49,50)51)35(37)42-40-27-10-6-22(7-11-27)23-8-12-28(13-9-23)41-43-36-34(57(52,53)54)21-25-19-30(55(46,47)48)15-17-32(25)38(36)45/h1-21,39,44-45H,(H,46,47,48)(H,49,50,51)(H,52,53,54). The van der Waals surface area contributed by atoms with E-state index in [1.54, 1.807) is 54.6 Å². The molecule has 57 heavy (non-hydrogen) atoms. The van der Waals surface area contributed by atoms with E-state index in [0.29, 0.717) is 22.2 Å². The van der Waals surface area contributed by atoms with Crippen molar-refractivity contribution in [2.75, 3.05) is 5.32 Å². The van der Waals surface area contributed by atoms with Gasteiger partial charge in [-0.05, 0) is 107 Å². The maximum atomic E-state index is 12.4. The normalized spacial score (nSPS) is 12.5. The van der Waals surface area contributed by atoms with Crippen molar-refractivity contribution < 1.29 is 49.1 Å². The van der Waals surface area contributed by atoms with Gasteiger partial charge >= 0.3 is 0 Å². The molecule has 0 aliphatic heterocycles. The second-order valence-corrected chi connectivity index (χ2v) is 16.6. The van der Waals surface area contributed by atoms with Crippen LogP contribution in [0.2, 0.25) is 0 Å². The fourth-order valence-corrected chi connectivity index (χ4v) is 7.68. The Kier molecular flexibility index (Phi) is 10.0. The third-order valence-electron chi connectivity index (χ3n) is 8.59. The average Bonchev–Trinajstić information content (AvgIpc) is 3.16. The molecule has 7 rings (SSSR count). The van der Waals surface area contributed by atoms with E-state index in [1.165, 1.54) is 18.2 Å². The van der Waals surface area contributed by atoms with Crippen LogP contribution < -0.4 is 5.32 Å². The number of aromatic hydroxyl groups is 2. The zero-order valence-corrected chi connectivity index (χ0v) is 31.3. The fraction of sp³-hybridized carbons (Fsp3) is 0. The predicted molar refractivity (Wildman–Crippen MR) is 211 cm³/mol. The SMILES string of the molecule is O=S(=O)(O)c1ccc2c(O)c(N=Nc3ccc(-c4ccc(N=Nc5c(S(=O)(=O)O)cc6cc(Nc7ccccc7)ccc6c5O)cc4)cc3)c(S(=O)(=O)O)cc2c1. The number of hydrogen-bond acceptors (Lipinski definition) is 13. The molecule has 0 aromatic heterocycles. The Morgan fingerprint density at radius 3 is 1.35 bits per heavy atom. The minimum atomic E-state index is -4.99. The summed E-state index contributed by atoms with van der Waals surface area (Å²) in [5, 5.41) is 41.5. The van der Waals surface area contributed by atoms with Gasteiger partial charge in [-0.2, -0.15) is 35.5 Å². The van der Waals surface area contributed by atoms with Gasteiger partial charge < -0.3 is 15.5 Å². The molecule has 0 aliphatic carbocycles. The van der Waals surface area contributed by atoms with E-state index in [4.69, 9.17) is 0 Å². The van der Waals surface area contributed by atoms with Crippen LogP contribution in [-0.2, 0) is 30.4 Å². The summed E-state index contributed by atoms with van der Waals surface area (Å²) in [7, 11) is -14.5. The molecular formula is C38H27N5O11S3. The summed E-state index contributed by atoms with van der Waals surface area (Å²) in [6.07, 6.45) is 0. The smallest absolute Gasteiger partial charge is 0.296 e. The van der Waals surface area contributed by atoms with Gasteiger partial charge in [-0.25, -0.2) is 0 Å². The number of para-hydroxylation sites is 1. The van der Waals surface area contributed by atoms with E-state index in [9.17, 15) is 49.1 Å². The molecule has 16 nitrogen and oxygen atoms in total. The molecule has 0 saturated heterocycles. The number of azo groups is 2. The number of fused-ring (bicyclic) bond motifs is 2. The van der Waals surface area contributed by atoms with Crippen molar-refractivity contribution in [3.05, 3.63) is 127 Å². The number of phenolic OH excluding ortho intramolecular Hbond substituents is 2. The highest BCUT2D eigenvalue weighted by Gasteiger charge is 2.24. The number of phenols is 2. The molecule has 0 saturated carbocycles. The number of hydrogen-bond donors (Lipinski definition) is 6. The highest BCUT2D eigenvalue weighted by atomic mass is 32.2. The number of nitrogens with one attached hydrogen (secondary N) is 1. The first-order valence-electron chi connectivity index (χ1n) is 16.3. The zero-order chi connectivity index (χ0) is 40.7. The largest absolute Gasteiger partial charge is 0.505 e. The highest BCUT2D eigenvalue weighted by Crippen LogP contribution is 2.44. The van der Waals surface area contributed by atoms with Crippen molar-refractivity contribution in [2.45, 2.75) is 14.7 Å². The number of rotatable bonds is 10. The monoisotopic (exact) mass is 825 g/mol. The predicted octanol–water partition coefficient (Wildman–Crippen LogP) is 9.39. The molecule has 0 amide bonds. The van der Waals surface area contributed by atoms with Gasteiger partial charge in [0.15, 0.2) is 11.5 Å². The van der Waals surface area contributed by atoms with Gasteiger partial charge in [0.2, 0.25) is 0 Å². The van der Waals surface area contributed by atoms with Gasteiger partial charge in [0.1, 0.15) is 21.2 Å². The molecule has 0 aliphatic rings. The summed E-state index contributed by atoms with van der Waals surface area (Å²) in [6, 6.07) is 32.2. The zero-order valence-electron chi connectivity index (χ0n) is 28.8. The molecule has 288 valence electrons. The van der Waals surface area contributed by atoms with Gasteiger partial charge in [0.05, 0.1) is 16.3 Å². The quantitative estimate of drug-likeness (QED) is 0.0556. The van der Waals surface area contributed by atoms with Gasteiger partial charge in [0.25, 0.3) is 30.4 Å². The highest BCUT2D eigenvalue weighted by molar-refractivity contribution is 7.86. The Hall–Kier alpha value is -6.61. The number of anilines is 2. The van der Waals surface area contributed by atoms with E-state index in [0.717, 1.165) is 30.0 Å². The van der Waals surface area contributed by atoms with Crippen LogP contribution >= 0.6 is 0 Å². The van der Waals surface area contributed by atoms with E-state index in [1.807, 2.05) is 30.3 Å². The van der Waals surface area contributed by atoms with Crippen LogP contribution in [0.15, 0.2) is 163 Å². The number of benzene rings is 7. The summed E-state index contributed by atoms with van der Waals surface area (Å²) in [4.78, 5) is -2.05. The molecule has 0 spiro atoms. The Morgan fingerprint density at radius 2 is 0.895 bits per heavy atom. The van der Waals surface area contributed by atoms with Crippen LogP contribution in [0.5, 0.6) is 11.5 Å². The van der Waals surface area contributed by atoms with Gasteiger partial charge in [-0.15, -0.1) is 10.2 Å². The van der Waals surface area contributed by atoms with Crippen LogP contribution in [0.1, 0.15) is 0 Å². The lowest BCUT2D eigenvalue weighted by atomic mass is 10.1. The Morgan fingerprint density at radius 1 is 0.439 bits per heavy atom. The van der Waals surface area contributed by atoms with Gasteiger partial charge in [0, 0.05) is 22.1 Å². The van der Waals surface area contributed by atoms with E-state index < -0.39 is 67.9 Å². The molecule has 7 aromatic rings. The van der Waals surface area contributed by atoms with Crippen LogP contribution in [0.25, 0.3) is 32.7 Å². The first-order valence-corrected chi connectivity index (χ1v) is 20.7. The third-order valence-corrected chi connectivity index (χ3v) is 11.2. The molecule has 6 N–H and O–H groups in total. The fourth-order valence-electron chi connectivity index (χ4n) is 5.85. The molecule has 0 unspecified atom stereocenters. The first-order chi connectivity index (χ1) is 27.0. The topological polar surface area (TPSA) is 265 Å². The summed E-state index contributed by atoms with van der Waals surface area (Å²) in [5.74, 6) is -1.21. The summed E-state index contributed by atoms with van der Waals surface area (Å²) >= 11 is 0. The molecular weight excluding hydrogens is 799 g/mol. The molecule has 0 fully saturated rings. The van der Waals surface area contributed by atoms with Crippen molar-refractivity contribution in [2.24, 2.45) is 20.5 Å². The maximum absolute atomic E-state index is 12.4. The molecule has 0 bridgehead atoms. The maximum Gasteiger partial charge on any atom is 0.296 e. The molecule has 0 atom stereocenters. The molecule has 0 radical (unpaired) electrons. The van der Waals surface area contributed by atoms with E-state index in [-0.39, 0.29) is 27.5 Å². The lowest BCUT2D eigenvalue weighted by molar-refractivity contribution is 0.471. The summed E-state index contributed by atoms with van der Waals surface area (Å²) in [5.41, 5.74) is 2.25. The van der Waals surface area contributed by atoms with Crippen molar-refractivity contribution >= 4 is 86.0 Å². The second-order valence-electron chi connectivity index (χ2n) is 12.4. The molecule has 0 heterocycles. The van der Waals surface area contributed by atoms with E-state index in [2.05, 4.69) is 25.8 Å². The Labute approximate surface area is 324 Å². The van der Waals surface area contributed by atoms with Crippen LogP contribution in [0.3, 0.4) is 0 Å². The summed E-state index contributed by atoms with van der Waals surface area (Å²) in [6.45, 7) is 0. The van der Waals surface area contributed by atoms with Crippen molar-refractivity contribution in [1.29, 1.82) is 0 Å². The molecule has 7 aromatic carbocycles. The lowest BCUT2D eigenvalue weighted by Crippen LogP contribution is -2.00.